The van der Waals surface area contributed by atoms with Gasteiger partial charge in [0.2, 0.25) is 11.6 Å². The number of carbonyl (C=O) groups is 2. The van der Waals surface area contributed by atoms with E-state index in [9.17, 15) is 9.59 Å². The van der Waals surface area contributed by atoms with Crippen LogP contribution < -0.4 is 0 Å². The molecule has 0 radical (unpaired) electrons. The van der Waals surface area contributed by atoms with Crippen LogP contribution in [0.4, 0.5) is 0 Å². The van der Waals surface area contributed by atoms with Gasteiger partial charge in [0.1, 0.15) is 18.3 Å². The molecule has 7 atom stereocenters. The normalized spacial score (nSPS) is 40.1. The number of fused-ring (bicyclic) bond motifs is 3. The molecule has 8 heteroatoms. The van der Waals surface area contributed by atoms with Crippen molar-refractivity contribution in [3.8, 4) is 0 Å². The molecule has 0 unspecified atom stereocenters. The molecule has 4 fully saturated rings. The van der Waals surface area contributed by atoms with E-state index in [1.54, 1.807) is 0 Å². The Hall–Kier alpha value is -1.84. The summed E-state index contributed by atoms with van der Waals surface area (Å²) in [7, 11) is 0. The summed E-state index contributed by atoms with van der Waals surface area (Å²) in [4.78, 5) is 23.9. The highest BCUT2D eigenvalue weighted by Gasteiger charge is 2.70. The van der Waals surface area contributed by atoms with Crippen molar-refractivity contribution in [1.29, 1.82) is 0 Å². The SMILES string of the molecule is O=C(O)C[C@H]1CC[C@@H]2O[C@H]3C(=O)[C@@]4(CCOCc5ccccc5)O[C@@H]([C@H]2O1)[C@@H]3O4. The smallest absolute Gasteiger partial charge is 0.305 e. The summed E-state index contributed by atoms with van der Waals surface area (Å²) in [5.41, 5.74) is 1.05. The van der Waals surface area contributed by atoms with Crippen LogP contribution in [0.25, 0.3) is 0 Å². The van der Waals surface area contributed by atoms with Crippen molar-refractivity contribution in [3.63, 3.8) is 0 Å². The molecule has 4 aliphatic heterocycles. The number of Topliss-reactive ketones (excluding diaryl/α,β-unsaturated/α-hetero) is 1. The molecule has 1 aromatic rings. The Labute approximate surface area is 168 Å². The molecule has 0 saturated carbocycles. The Morgan fingerprint density at radius 1 is 1.10 bits per heavy atom. The summed E-state index contributed by atoms with van der Waals surface area (Å²) in [5, 5.41) is 9.05. The predicted molar refractivity (Wildman–Crippen MR) is 97.0 cm³/mol. The van der Waals surface area contributed by atoms with E-state index in [4.69, 9.17) is 28.8 Å². The van der Waals surface area contributed by atoms with Gasteiger partial charge in [-0.3, -0.25) is 9.59 Å². The average molecular weight is 404 g/mol. The monoisotopic (exact) mass is 404 g/mol. The van der Waals surface area contributed by atoms with Crippen LogP contribution in [0.1, 0.15) is 31.2 Å². The van der Waals surface area contributed by atoms with E-state index in [0.717, 1.165) is 5.56 Å². The van der Waals surface area contributed by atoms with Gasteiger partial charge in [0.15, 0.2) is 6.10 Å². The summed E-state index contributed by atoms with van der Waals surface area (Å²) in [6, 6.07) is 9.79. The van der Waals surface area contributed by atoms with E-state index in [0.29, 0.717) is 26.1 Å². The summed E-state index contributed by atoms with van der Waals surface area (Å²) in [5.74, 6) is -2.44. The average Bonchev–Trinajstić information content (AvgIpc) is 3.23. The molecule has 1 aromatic carbocycles. The quantitative estimate of drug-likeness (QED) is 0.682. The van der Waals surface area contributed by atoms with Crippen LogP contribution in [0.3, 0.4) is 0 Å². The number of hydrogen-bond donors (Lipinski definition) is 1. The summed E-state index contributed by atoms with van der Waals surface area (Å²) < 4.78 is 29.8. The number of aliphatic carboxylic acids is 1. The first-order chi connectivity index (χ1) is 14.1. The van der Waals surface area contributed by atoms with Gasteiger partial charge >= 0.3 is 5.97 Å². The summed E-state index contributed by atoms with van der Waals surface area (Å²) in [6.45, 7) is 0.756. The number of carboxylic acid groups (broad SMARTS) is 1. The van der Waals surface area contributed by atoms with Gasteiger partial charge in [0, 0.05) is 6.42 Å². The molecular formula is C21H24O8. The second kappa shape index (κ2) is 7.45. The van der Waals surface area contributed by atoms with Gasteiger partial charge in [0.25, 0.3) is 0 Å². The van der Waals surface area contributed by atoms with Crippen LogP contribution in [-0.4, -0.2) is 65.9 Å². The molecule has 8 nitrogen and oxygen atoms in total. The van der Waals surface area contributed by atoms with E-state index in [2.05, 4.69) is 0 Å². The third-order valence-corrected chi connectivity index (χ3v) is 6.13. The van der Waals surface area contributed by atoms with Crippen molar-refractivity contribution in [3.05, 3.63) is 35.9 Å². The van der Waals surface area contributed by atoms with Crippen molar-refractivity contribution < 1.29 is 38.4 Å². The van der Waals surface area contributed by atoms with Crippen molar-refractivity contribution in [2.75, 3.05) is 6.61 Å². The number of rotatable bonds is 7. The van der Waals surface area contributed by atoms with Crippen molar-refractivity contribution in [2.24, 2.45) is 0 Å². The van der Waals surface area contributed by atoms with Gasteiger partial charge in [0.05, 0.1) is 31.8 Å². The van der Waals surface area contributed by atoms with Crippen LogP contribution in [0.5, 0.6) is 0 Å². The molecule has 156 valence electrons. The number of carboxylic acids is 1. The lowest BCUT2D eigenvalue weighted by molar-refractivity contribution is -0.255. The Morgan fingerprint density at radius 3 is 2.69 bits per heavy atom. The van der Waals surface area contributed by atoms with E-state index in [-0.39, 0.29) is 30.8 Å². The Bertz CT molecular complexity index is 782. The van der Waals surface area contributed by atoms with Crippen molar-refractivity contribution >= 4 is 11.8 Å². The van der Waals surface area contributed by atoms with Gasteiger partial charge in [-0.25, -0.2) is 0 Å². The number of benzene rings is 1. The highest BCUT2D eigenvalue weighted by molar-refractivity contribution is 5.93. The lowest BCUT2D eigenvalue weighted by atomic mass is 9.86. The topological polar surface area (TPSA) is 101 Å². The van der Waals surface area contributed by atoms with Crippen molar-refractivity contribution in [2.45, 2.75) is 74.7 Å². The van der Waals surface area contributed by atoms with Crippen LogP contribution in [-0.2, 0) is 39.9 Å². The first-order valence-corrected chi connectivity index (χ1v) is 10.1. The third-order valence-electron chi connectivity index (χ3n) is 6.13. The third kappa shape index (κ3) is 3.39. The molecule has 29 heavy (non-hydrogen) atoms. The molecular weight excluding hydrogens is 380 g/mol. The lowest BCUT2D eigenvalue weighted by Gasteiger charge is -2.47. The Kier molecular flexibility index (Phi) is 4.92. The first-order valence-electron chi connectivity index (χ1n) is 10.1. The molecule has 5 rings (SSSR count). The van der Waals surface area contributed by atoms with E-state index >= 15 is 0 Å². The Morgan fingerprint density at radius 2 is 1.90 bits per heavy atom. The molecule has 4 saturated heterocycles. The molecule has 0 aromatic heterocycles. The fourth-order valence-corrected chi connectivity index (χ4v) is 4.78. The van der Waals surface area contributed by atoms with Gasteiger partial charge in [-0.1, -0.05) is 30.3 Å². The second-order valence-electron chi connectivity index (χ2n) is 8.06. The molecule has 1 N–H and O–H groups in total. The summed E-state index contributed by atoms with van der Waals surface area (Å²) in [6.07, 6.45) is -1.20. The molecule has 0 aliphatic carbocycles. The summed E-state index contributed by atoms with van der Waals surface area (Å²) >= 11 is 0. The zero-order valence-corrected chi connectivity index (χ0v) is 15.9. The minimum absolute atomic E-state index is 0.0533. The highest BCUT2D eigenvalue weighted by atomic mass is 16.8. The van der Waals surface area contributed by atoms with E-state index in [1.807, 2.05) is 30.3 Å². The molecule has 2 bridgehead atoms. The van der Waals surface area contributed by atoms with Gasteiger partial charge in [-0.15, -0.1) is 0 Å². The van der Waals surface area contributed by atoms with Gasteiger partial charge < -0.3 is 28.8 Å². The fourth-order valence-electron chi connectivity index (χ4n) is 4.78. The minimum Gasteiger partial charge on any atom is -0.481 e. The van der Waals surface area contributed by atoms with Gasteiger partial charge in [-0.05, 0) is 18.4 Å². The van der Waals surface area contributed by atoms with Crippen LogP contribution >= 0.6 is 0 Å². The van der Waals surface area contributed by atoms with Crippen LogP contribution in [0, 0.1) is 0 Å². The van der Waals surface area contributed by atoms with Crippen LogP contribution in [0.2, 0.25) is 0 Å². The molecule has 0 amide bonds. The number of ether oxygens (including phenoxy) is 5. The van der Waals surface area contributed by atoms with E-state index in [1.165, 1.54) is 0 Å². The van der Waals surface area contributed by atoms with Crippen LogP contribution in [0.15, 0.2) is 30.3 Å². The minimum atomic E-state index is -1.36. The molecule has 4 aliphatic rings. The number of carbonyl (C=O) groups excluding carboxylic acids is 1. The Balaban J connectivity index is 1.22. The fraction of sp³-hybridized carbons (Fsp3) is 0.619. The largest absolute Gasteiger partial charge is 0.481 e. The zero-order chi connectivity index (χ0) is 20.0. The second-order valence-corrected chi connectivity index (χ2v) is 8.06. The lowest BCUT2D eigenvalue weighted by Crippen LogP contribution is -2.64. The predicted octanol–water partition coefficient (Wildman–Crippen LogP) is 1.45. The number of hydrogen-bond acceptors (Lipinski definition) is 7. The molecule has 4 heterocycles. The standard InChI is InChI=1S/C21H24O8/c22-15(23)10-13-6-7-14-16(26-13)17-18-19(27-14)20(24)21(28-17,29-18)8-9-25-11-12-4-2-1-3-5-12/h1-5,13-14,16-19H,6-11H2,(H,22,23)/t13-,14+,16+,17+,18+,19-,21+/m1/s1. The maximum atomic E-state index is 12.9. The first kappa shape index (κ1) is 19.1. The maximum Gasteiger partial charge on any atom is 0.305 e. The van der Waals surface area contributed by atoms with Gasteiger partial charge in [-0.2, -0.15) is 0 Å². The zero-order valence-electron chi connectivity index (χ0n) is 15.9. The van der Waals surface area contributed by atoms with E-state index < -0.39 is 36.2 Å². The number of ketones is 1. The molecule has 0 spiro atoms. The maximum absolute atomic E-state index is 12.9. The van der Waals surface area contributed by atoms with Crippen molar-refractivity contribution in [1.82, 2.24) is 0 Å². The highest BCUT2D eigenvalue weighted by Crippen LogP contribution is 2.50.